The zero-order valence-corrected chi connectivity index (χ0v) is 44.7. The van der Waals surface area contributed by atoms with Gasteiger partial charge in [-0.25, -0.2) is 9.97 Å². The van der Waals surface area contributed by atoms with Crippen molar-refractivity contribution in [3.05, 3.63) is 295 Å². The van der Waals surface area contributed by atoms with Crippen molar-refractivity contribution < 1.29 is 0 Å². The number of anilines is 6. The zero-order valence-electron chi connectivity index (χ0n) is 44.7. The molecule has 79 heavy (non-hydrogen) atoms. The van der Waals surface area contributed by atoms with Crippen LogP contribution in [0.2, 0.25) is 0 Å². The van der Waals surface area contributed by atoms with Crippen LogP contribution in [0, 0.1) is 27.7 Å². The highest BCUT2D eigenvalue weighted by molar-refractivity contribution is 6.12. The molecule has 0 saturated carbocycles. The Hall–Kier alpha value is -10.1. The zero-order chi connectivity index (χ0) is 53.4. The molecule has 0 aliphatic heterocycles. The second-order valence-electron chi connectivity index (χ2n) is 20.6. The Balaban J connectivity index is 0.856. The summed E-state index contributed by atoms with van der Waals surface area (Å²) in [4.78, 5) is 14.9. The van der Waals surface area contributed by atoms with Gasteiger partial charge in [0, 0.05) is 67.3 Å². The molecule has 0 aliphatic carbocycles. The van der Waals surface area contributed by atoms with E-state index in [2.05, 4.69) is 315 Å². The summed E-state index contributed by atoms with van der Waals surface area (Å²) in [6.07, 6.45) is 0. The predicted octanol–water partition coefficient (Wildman–Crippen LogP) is 20.1. The van der Waals surface area contributed by atoms with Gasteiger partial charge in [0.25, 0.3) is 0 Å². The quantitative estimate of drug-likeness (QED) is 0.122. The Morgan fingerprint density at radius 3 is 1.09 bits per heavy atom. The Kier molecular flexibility index (Phi) is 12.8. The van der Waals surface area contributed by atoms with Crippen LogP contribution in [0.25, 0.3) is 83.6 Å². The first-order valence-electron chi connectivity index (χ1n) is 27.0. The van der Waals surface area contributed by atoms with Gasteiger partial charge in [-0.3, -0.25) is 0 Å². The molecule has 5 heteroatoms. The lowest BCUT2D eigenvalue weighted by Crippen LogP contribution is -2.09. The van der Waals surface area contributed by atoms with Gasteiger partial charge in [-0.05, 0) is 176 Å². The summed E-state index contributed by atoms with van der Waals surface area (Å²) >= 11 is 0. The van der Waals surface area contributed by atoms with E-state index in [0.29, 0.717) is 0 Å². The van der Waals surface area contributed by atoms with Gasteiger partial charge in [0.1, 0.15) is 0 Å². The number of aromatic nitrogens is 3. The lowest BCUT2D eigenvalue weighted by molar-refractivity contribution is 1.18. The van der Waals surface area contributed by atoms with Crippen molar-refractivity contribution in [2.24, 2.45) is 0 Å². The summed E-state index contributed by atoms with van der Waals surface area (Å²) in [7, 11) is 0. The number of aryl methyl sites for hydroxylation is 4. The Labute approximate surface area is 462 Å². The standard InChI is InChI=1S/C74H57N5/c1-50-25-29-56(30-26-50)69-49-70(76-74(75-69)58-31-27-51(2)28-32-58)59-45-52(3)73(53(4)46-59)57-35-33-54(34-36-57)55-37-39-64(40-38-55)79-71-43-41-65(77(60-17-9-5-10-18-60)61-19-11-6-12-20-61)47-67(71)68-48-66(42-44-72(68)79)78(62-21-13-7-14-22-62)63-23-15-8-16-24-63/h5-49H,1-4H3. The van der Waals surface area contributed by atoms with E-state index in [1.165, 1.54) is 44.2 Å². The third-order valence-corrected chi connectivity index (χ3v) is 15.2. The SMILES string of the molecule is Cc1ccc(-c2cc(-c3cc(C)c(-c4ccc(-c5ccc(-n6c7ccc(N(c8ccccc8)c8ccccc8)cc7c7cc(N(c8ccccc8)c8ccccc8)ccc76)cc5)cc4)c(C)c3)nc(-c3ccc(C)cc3)n2)cc1. The molecule has 0 saturated heterocycles. The first-order valence-corrected chi connectivity index (χ1v) is 27.0. The van der Waals surface area contributed by atoms with Crippen LogP contribution in [0.5, 0.6) is 0 Å². The van der Waals surface area contributed by atoms with E-state index in [4.69, 9.17) is 9.97 Å². The molecular weight excluding hydrogens is 959 g/mol. The summed E-state index contributed by atoms with van der Waals surface area (Å²) in [5.74, 6) is 0.721. The molecule has 2 aromatic heterocycles. The molecule has 13 aromatic rings. The number of para-hydroxylation sites is 4. The molecule has 0 bridgehead atoms. The van der Waals surface area contributed by atoms with E-state index in [0.717, 1.165) is 95.9 Å². The van der Waals surface area contributed by atoms with Gasteiger partial charge < -0.3 is 14.4 Å². The van der Waals surface area contributed by atoms with Crippen LogP contribution in [-0.4, -0.2) is 14.5 Å². The third kappa shape index (κ3) is 9.53. The van der Waals surface area contributed by atoms with Crippen LogP contribution < -0.4 is 9.80 Å². The molecule has 0 spiro atoms. The van der Waals surface area contributed by atoms with E-state index in [1.54, 1.807) is 0 Å². The average molecular weight is 1020 g/mol. The fourth-order valence-corrected chi connectivity index (χ4v) is 11.3. The number of benzene rings is 11. The molecule has 0 unspecified atom stereocenters. The highest BCUT2D eigenvalue weighted by Crippen LogP contribution is 2.43. The molecule has 13 rings (SSSR count). The molecule has 5 nitrogen and oxygen atoms in total. The van der Waals surface area contributed by atoms with Crippen molar-refractivity contribution in [2.75, 3.05) is 9.80 Å². The first-order chi connectivity index (χ1) is 38.8. The van der Waals surface area contributed by atoms with Crippen molar-refractivity contribution in [3.63, 3.8) is 0 Å². The van der Waals surface area contributed by atoms with E-state index in [1.807, 2.05) is 0 Å². The van der Waals surface area contributed by atoms with Gasteiger partial charge in [0.2, 0.25) is 0 Å². The number of fused-ring (bicyclic) bond motifs is 3. The topological polar surface area (TPSA) is 37.2 Å². The lowest BCUT2D eigenvalue weighted by Gasteiger charge is -2.26. The minimum atomic E-state index is 0.721. The van der Waals surface area contributed by atoms with Crippen LogP contribution in [0.3, 0.4) is 0 Å². The molecule has 0 atom stereocenters. The second-order valence-corrected chi connectivity index (χ2v) is 20.6. The highest BCUT2D eigenvalue weighted by Gasteiger charge is 2.21. The van der Waals surface area contributed by atoms with Crippen molar-refractivity contribution in [1.82, 2.24) is 14.5 Å². The van der Waals surface area contributed by atoms with Crippen molar-refractivity contribution >= 4 is 55.9 Å². The summed E-state index contributed by atoms with van der Waals surface area (Å²) in [5.41, 5.74) is 24.5. The highest BCUT2D eigenvalue weighted by atomic mass is 15.1. The van der Waals surface area contributed by atoms with Gasteiger partial charge in [-0.15, -0.1) is 0 Å². The Morgan fingerprint density at radius 2 is 0.658 bits per heavy atom. The molecule has 2 heterocycles. The van der Waals surface area contributed by atoms with E-state index < -0.39 is 0 Å². The van der Waals surface area contributed by atoms with Crippen LogP contribution in [0.4, 0.5) is 34.1 Å². The normalized spacial score (nSPS) is 11.3. The maximum Gasteiger partial charge on any atom is 0.160 e. The number of nitrogens with zero attached hydrogens (tertiary/aromatic N) is 5. The molecule has 378 valence electrons. The first kappa shape index (κ1) is 48.5. The molecule has 0 fully saturated rings. The fourth-order valence-electron chi connectivity index (χ4n) is 11.3. The van der Waals surface area contributed by atoms with Crippen LogP contribution in [0.1, 0.15) is 22.3 Å². The summed E-state index contributed by atoms with van der Waals surface area (Å²) < 4.78 is 2.42. The maximum absolute atomic E-state index is 5.17. The number of hydrogen-bond donors (Lipinski definition) is 0. The van der Waals surface area contributed by atoms with Gasteiger partial charge in [-0.1, -0.05) is 169 Å². The molecule has 0 aliphatic rings. The van der Waals surface area contributed by atoms with Crippen LogP contribution in [-0.2, 0) is 0 Å². The van der Waals surface area contributed by atoms with Crippen molar-refractivity contribution in [1.29, 1.82) is 0 Å². The second kappa shape index (κ2) is 20.8. The summed E-state index contributed by atoms with van der Waals surface area (Å²) in [6, 6.07) is 98.2. The molecule has 11 aromatic carbocycles. The third-order valence-electron chi connectivity index (χ3n) is 15.2. The van der Waals surface area contributed by atoms with E-state index >= 15 is 0 Å². The van der Waals surface area contributed by atoms with Gasteiger partial charge in [0.05, 0.1) is 22.4 Å². The smallest absolute Gasteiger partial charge is 0.160 e. The largest absolute Gasteiger partial charge is 0.310 e. The maximum atomic E-state index is 5.17. The average Bonchev–Trinajstić information content (AvgIpc) is 4.10. The predicted molar refractivity (Wildman–Crippen MR) is 332 cm³/mol. The van der Waals surface area contributed by atoms with E-state index in [-0.39, 0.29) is 0 Å². The Bertz CT molecular complexity index is 3980. The number of rotatable bonds is 12. The van der Waals surface area contributed by atoms with Gasteiger partial charge in [0.15, 0.2) is 5.82 Å². The molecular formula is C74H57N5. The van der Waals surface area contributed by atoms with Gasteiger partial charge >= 0.3 is 0 Å². The molecule has 0 N–H and O–H groups in total. The fraction of sp³-hybridized carbons (Fsp3) is 0.0541. The van der Waals surface area contributed by atoms with Crippen LogP contribution >= 0.6 is 0 Å². The molecule has 0 radical (unpaired) electrons. The monoisotopic (exact) mass is 1020 g/mol. The van der Waals surface area contributed by atoms with Crippen LogP contribution in [0.15, 0.2) is 273 Å². The molecule has 0 amide bonds. The van der Waals surface area contributed by atoms with Gasteiger partial charge in [-0.2, -0.15) is 0 Å². The summed E-state index contributed by atoms with van der Waals surface area (Å²) in [6.45, 7) is 8.64. The minimum absolute atomic E-state index is 0.721. The van der Waals surface area contributed by atoms with Crippen molar-refractivity contribution in [2.45, 2.75) is 27.7 Å². The van der Waals surface area contributed by atoms with E-state index in [9.17, 15) is 0 Å². The Morgan fingerprint density at radius 1 is 0.291 bits per heavy atom. The lowest BCUT2D eigenvalue weighted by atomic mass is 9.91. The minimum Gasteiger partial charge on any atom is -0.310 e. The van der Waals surface area contributed by atoms with Crippen molar-refractivity contribution in [3.8, 4) is 61.8 Å². The number of hydrogen-bond acceptors (Lipinski definition) is 4. The summed E-state index contributed by atoms with van der Waals surface area (Å²) in [5, 5.41) is 2.34.